The summed E-state index contributed by atoms with van der Waals surface area (Å²) in [7, 11) is 0. The van der Waals surface area contributed by atoms with E-state index in [9.17, 15) is 14.4 Å². The number of carbonyl (C=O) groups is 3. The van der Waals surface area contributed by atoms with Gasteiger partial charge in [-0.2, -0.15) is 4.98 Å². The molecule has 182 valence electrons. The first-order chi connectivity index (χ1) is 16.9. The van der Waals surface area contributed by atoms with Crippen LogP contribution in [0, 0.1) is 6.92 Å². The Balaban J connectivity index is 1.49. The highest BCUT2D eigenvalue weighted by molar-refractivity contribution is 5.99. The molecule has 2 N–H and O–H groups in total. The van der Waals surface area contributed by atoms with Gasteiger partial charge in [0.25, 0.3) is 5.91 Å². The Morgan fingerprint density at radius 3 is 2.71 bits per heavy atom. The number of hydrogen-bond acceptors (Lipinski definition) is 6. The van der Waals surface area contributed by atoms with Crippen molar-refractivity contribution in [3.05, 3.63) is 59.5 Å². The lowest BCUT2D eigenvalue weighted by Crippen LogP contribution is -2.39. The molecule has 2 aromatic carbocycles. The minimum Gasteiger partial charge on any atom is -0.339 e. The monoisotopic (exact) mass is 475 g/mol. The smallest absolute Gasteiger partial charge is 0.254 e. The average Bonchev–Trinajstić information content (AvgIpc) is 3.35. The van der Waals surface area contributed by atoms with Crippen molar-refractivity contribution < 1.29 is 18.9 Å². The molecule has 1 aromatic heterocycles. The number of aromatic nitrogens is 2. The van der Waals surface area contributed by atoms with Crippen LogP contribution in [-0.2, 0) is 9.59 Å². The number of anilines is 2. The molecule has 0 saturated carbocycles. The van der Waals surface area contributed by atoms with Crippen LogP contribution >= 0.6 is 0 Å². The summed E-state index contributed by atoms with van der Waals surface area (Å²) in [5.41, 5.74) is 3.35. The predicted octanol–water partition coefficient (Wildman–Crippen LogP) is 4.37. The number of piperidine rings is 1. The molecule has 0 spiro atoms. The van der Waals surface area contributed by atoms with E-state index in [1.54, 1.807) is 30.0 Å². The third-order valence-electron chi connectivity index (χ3n) is 6.10. The van der Waals surface area contributed by atoms with E-state index in [0.717, 1.165) is 24.0 Å². The van der Waals surface area contributed by atoms with Crippen LogP contribution in [-0.4, -0.2) is 45.9 Å². The van der Waals surface area contributed by atoms with Crippen molar-refractivity contribution in [1.82, 2.24) is 15.0 Å². The number of amides is 3. The van der Waals surface area contributed by atoms with Crippen LogP contribution in [0.3, 0.4) is 0 Å². The fraction of sp³-hybridized carbons (Fsp3) is 0.346. The van der Waals surface area contributed by atoms with Gasteiger partial charge in [-0.05, 0) is 49.6 Å². The van der Waals surface area contributed by atoms with Crippen molar-refractivity contribution in [2.45, 2.75) is 46.0 Å². The minimum absolute atomic E-state index is 0.0687. The Hall–Kier alpha value is -4.01. The molecule has 3 amide bonds. The van der Waals surface area contributed by atoms with Gasteiger partial charge in [0.15, 0.2) is 0 Å². The normalized spacial score (nSPS) is 15.5. The van der Waals surface area contributed by atoms with Crippen molar-refractivity contribution in [2.75, 3.05) is 23.7 Å². The summed E-state index contributed by atoms with van der Waals surface area (Å²) < 4.78 is 5.59. The molecule has 0 radical (unpaired) electrons. The molecule has 4 rings (SSSR count). The van der Waals surface area contributed by atoms with E-state index in [4.69, 9.17) is 4.52 Å². The summed E-state index contributed by atoms with van der Waals surface area (Å²) in [5, 5.41) is 9.75. The van der Waals surface area contributed by atoms with Crippen LogP contribution in [0.4, 0.5) is 11.4 Å². The van der Waals surface area contributed by atoms with Gasteiger partial charge in [0, 0.05) is 48.9 Å². The summed E-state index contributed by atoms with van der Waals surface area (Å²) >= 11 is 0. The zero-order valence-electron chi connectivity index (χ0n) is 20.1. The predicted molar refractivity (Wildman–Crippen MR) is 132 cm³/mol. The molecular formula is C26H29N5O4. The van der Waals surface area contributed by atoms with Gasteiger partial charge in [-0.3, -0.25) is 14.4 Å². The molecule has 0 bridgehead atoms. The Kier molecular flexibility index (Phi) is 7.24. The summed E-state index contributed by atoms with van der Waals surface area (Å²) in [6.07, 6.45) is 2.05. The lowest BCUT2D eigenvalue weighted by molar-refractivity contribution is -0.116. The number of benzene rings is 2. The topological polar surface area (TPSA) is 117 Å². The van der Waals surface area contributed by atoms with Crippen LogP contribution < -0.4 is 10.6 Å². The molecule has 1 unspecified atom stereocenters. The summed E-state index contributed by atoms with van der Waals surface area (Å²) in [6, 6.07) is 12.6. The highest BCUT2D eigenvalue weighted by Crippen LogP contribution is 2.30. The van der Waals surface area contributed by atoms with E-state index in [0.29, 0.717) is 48.2 Å². The Morgan fingerprint density at radius 1 is 1.14 bits per heavy atom. The number of likely N-dealkylation sites (tertiary alicyclic amines) is 1. The number of rotatable bonds is 6. The van der Waals surface area contributed by atoms with E-state index in [1.807, 2.05) is 31.2 Å². The zero-order valence-corrected chi connectivity index (χ0v) is 20.1. The molecular weight excluding hydrogens is 446 g/mol. The van der Waals surface area contributed by atoms with E-state index >= 15 is 0 Å². The maximum absolute atomic E-state index is 13.3. The molecule has 1 saturated heterocycles. The van der Waals surface area contributed by atoms with Crippen LogP contribution in [0.2, 0.25) is 0 Å². The van der Waals surface area contributed by atoms with Gasteiger partial charge >= 0.3 is 0 Å². The lowest BCUT2D eigenvalue weighted by atomic mass is 9.96. The Morgan fingerprint density at radius 2 is 1.94 bits per heavy atom. The number of nitrogens with zero attached hydrogens (tertiary/aromatic N) is 3. The third-order valence-corrected chi connectivity index (χ3v) is 6.10. The lowest BCUT2D eigenvalue weighted by Gasteiger charge is -2.31. The maximum Gasteiger partial charge on any atom is 0.254 e. The van der Waals surface area contributed by atoms with Crippen molar-refractivity contribution in [3.63, 3.8) is 0 Å². The molecule has 1 fully saturated rings. The molecule has 9 heteroatoms. The zero-order chi connectivity index (χ0) is 24.9. The molecule has 9 nitrogen and oxygen atoms in total. The summed E-state index contributed by atoms with van der Waals surface area (Å²) in [4.78, 5) is 42.9. The molecule has 0 aliphatic carbocycles. The number of hydrogen-bond donors (Lipinski definition) is 2. The summed E-state index contributed by atoms with van der Waals surface area (Å²) in [5.74, 6) is 0.523. The number of nitrogens with one attached hydrogen (secondary N) is 2. The molecule has 35 heavy (non-hydrogen) atoms. The van der Waals surface area contributed by atoms with Crippen LogP contribution in [0.1, 0.15) is 60.8 Å². The molecule has 3 aromatic rings. The van der Waals surface area contributed by atoms with Crippen LogP contribution in [0.15, 0.2) is 47.0 Å². The molecule has 1 atom stereocenters. The highest BCUT2D eigenvalue weighted by atomic mass is 16.5. The minimum atomic E-state index is -0.179. The second-order valence-electron chi connectivity index (χ2n) is 8.69. The highest BCUT2D eigenvalue weighted by Gasteiger charge is 2.30. The second kappa shape index (κ2) is 10.5. The number of carbonyl (C=O) groups excluding carboxylic acids is 3. The van der Waals surface area contributed by atoms with Crippen molar-refractivity contribution in [1.29, 1.82) is 0 Å². The maximum atomic E-state index is 13.3. The van der Waals surface area contributed by atoms with Crippen LogP contribution in [0.5, 0.6) is 0 Å². The van der Waals surface area contributed by atoms with Gasteiger partial charge in [0.2, 0.25) is 23.5 Å². The molecule has 1 aliphatic rings. The van der Waals surface area contributed by atoms with Crippen molar-refractivity contribution in [2.24, 2.45) is 0 Å². The van der Waals surface area contributed by atoms with Gasteiger partial charge < -0.3 is 20.1 Å². The molecule has 1 aliphatic heterocycles. The van der Waals surface area contributed by atoms with Crippen LogP contribution in [0.25, 0.3) is 11.4 Å². The van der Waals surface area contributed by atoms with E-state index in [-0.39, 0.29) is 23.6 Å². The first kappa shape index (κ1) is 24.1. The van der Waals surface area contributed by atoms with Crippen molar-refractivity contribution >= 4 is 29.1 Å². The Bertz CT molecular complexity index is 1250. The van der Waals surface area contributed by atoms with E-state index in [2.05, 4.69) is 20.8 Å². The third kappa shape index (κ3) is 5.56. The standard InChI is InChI=1S/C26H29N5O4/c1-4-23(33)28-20-10-5-8-18(14-20)24-29-25(35-30-24)19-9-7-13-31(15-19)26(34)21-11-6-12-22(16(21)2)27-17(3)32/h5-6,8,10-12,14,19H,4,7,9,13,15H2,1-3H3,(H,27,32)(H,28,33). The van der Waals surface area contributed by atoms with Gasteiger partial charge in [0.05, 0.1) is 5.92 Å². The van der Waals surface area contributed by atoms with E-state index in [1.165, 1.54) is 6.92 Å². The second-order valence-corrected chi connectivity index (χ2v) is 8.69. The summed E-state index contributed by atoms with van der Waals surface area (Å²) in [6.45, 7) is 6.18. The van der Waals surface area contributed by atoms with Gasteiger partial charge in [-0.15, -0.1) is 0 Å². The van der Waals surface area contributed by atoms with Gasteiger partial charge in [-0.1, -0.05) is 30.3 Å². The van der Waals surface area contributed by atoms with E-state index < -0.39 is 0 Å². The first-order valence-electron chi connectivity index (χ1n) is 11.8. The average molecular weight is 476 g/mol. The fourth-order valence-corrected chi connectivity index (χ4v) is 4.23. The molecule has 2 heterocycles. The Labute approximate surface area is 203 Å². The van der Waals surface area contributed by atoms with Crippen molar-refractivity contribution in [3.8, 4) is 11.4 Å². The fourth-order valence-electron chi connectivity index (χ4n) is 4.23. The van der Waals surface area contributed by atoms with Gasteiger partial charge in [-0.25, -0.2) is 0 Å². The largest absolute Gasteiger partial charge is 0.339 e. The first-order valence-corrected chi connectivity index (χ1v) is 11.8. The quantitative estimate of drug-likeness (QED) is 0.547. The van der Waals surface area contributed by atoms with Gasteiger partial charge in [0.1, 0.15) is 0 Å². The SMILES string of the molecule is CCC(=O)Nc1cccc(-c2noc(C3CCCN(C(=O)c4cccc(NC(C)=O)c4C)C3)n2)c1.